The van der Waals surface area contributed by atoms with E-state index in [1.807, 2.05) is 18.2 Å². The summed E-state index contributed by atoms with van der Waals surface area (Å²) in [5, 5.41) is 5.97. The van der Waals surface area contributed by atoms with Crippen LogP contribution >= 0.6 is 0 Å². The highest BCUT2D eigenvalue weighted by Crippen LogP contribution is 2.38. The summed E-state index contributed by atoms with van der Waals surface area (Å²) in [5.41, 5.74) is 1.10. The highest BCUT2D eigenvalue weighted by molar-refractivity contribution is 5.97. The van der Waals surface area contributed by atoms with E-state index in [1.165, 1.54) is 12.1 Å². The zero-order valence-electron chi connectivity index (χ0n) is 16.2. The molecule has 2 N–H and O–H groups in total. The summed E-state index contributed by atoms with van der Waals surface area (Å²) in [6, 6.07) is 13.6. The Morgan fingerprint density at radius 3 is 2.62 bits per heavy atom. The fourth-order valence-corrected chi connectivity index (χ4v) is 4.16. The maximum atomic E-state index is 13.0. The summed E-state index contributed by atoms with van der Waals surface area (Å²) in [6.07, 6.45) is 3.56. The molecule has 4 rings (SSSR count). The predicted octanol–water partition coefficient (Wildman–Crippen LogP) is 3.24. The van der Waals surface area contributed by atoms with Gasteiger partial charge < -0.3 is 15.4 Å². The number of halogens is 1. The highest BCUT2D eigenvalue weighted by Gasteiger charge is 2.41. The van der Waals surface area contributed by atoms with Gasteiger partial charge in [0.05, 0.1) is 12.1 Å². The SMILES string of the molecule is O=C1NCC2(CCC(C(=O)NCCc3ccc(F)cc3)CC2)Oc2ccccc21. The Kier molecular flexibility index (Phi) is 5.51. The number of amides is 2. The fourth-order valence-electron chi connectivity index (χ4n) is 4.16. The molecule has 2 amide bonds. The van der Waals surface area contributed by atoms with Crippen LogP contribution < -0.4 is 15.4 Å². The monoisotopic (exact) mass is 396 g/mol. The number of hydrogen-bond acceptors (Lipinski definition) is 3. The van der Waals surface area contributed by atoms with Gasteiger partial charge in [0.25, 0.3) is 5.91 Å². The molecule has 0 saturated heterocycles. The van der Waals surface area contributed by atoms with E-state index in [0.717, 1.165) is 31.2 Å². The van der Waals surface area contributed by atoms with Gasteiger partial charge in [-0.2, -0.15) is 0 Å². The van der Waals surface area contributed by atoms with Gasteiger partial charge in [-0.1, -0.05) is 24.3 Å². The van der Waals surface area contributed by atoms with Crippen LogP contribution in [0.2, 0.25) is 0 Å². The van der Waals surface area contributed by atoms with Gasteiger partial charge in [0.1, 0.15) is 17.2 Å². The van der Waals surface area contributed by atoms with Crippen LogP contribution in [0.15, 0.2) is 48.5 Å². The molecule has 0 bridgehead atoms. The molecule has 0 radical (unpaired) electrons. The van der Waals surface area contributed by atoms with Crippen LogP contribution in [0.3, 0.4) is 0 Å². The van der Waals surface area contributed by atoms with Crippen LogP contribution in [0.1, 0.15) is 41.6 Å². The lowest BCUT2D eigenvalue weighted by molar-refractivity contribution is -0.127. The predicted molar refractivity (Wildman–Crippen MR) is 107 cm³/mol. The third kappa shape index (κ3) is 4.42. The molecule has 1 fully saturated rings. The van der Waals surface area contributed by atoms with E-state index >= 15 is 0 Å². The van der Waals surface area contributed by atoms with Crippen LogP contribution in [-0.4, -0.2) is 30.5 Å². The Labute approximate surface area is 169 Å². The largest absolute Gasteiger partial charge is 0.485 e. The molecule has 2 aromatic carbocycles. The Balaban J connectivity index is 1.30. The molecule has 1 spiro atoms. The standard InChI is InChI=1S/C23H25FN2O3/c24-18-7-5-16(6-8-18)11-14-25-21(27)17-9-12-23(13-10-17)15-26-22(28)19-3-1-2-4-20(19)29-23/h1-8,17H,9-15H2,(H,25,27)(H,26,28). The molecule has 0 aromatic heterocycles. The Bertz CT molecular complexity index is 889. The third-order valence-electron chi connectivity index (χ3n) is 5.92. The lowest BCUT2D eigenvalue weighted by Crippen LogP contribution is -2.49. The van der Waals surface area contributed by atoms with E-state index in [0.29, 0.717) is 30.8 Å². The van der Waals surface area contributed by atoms with Gasteiger partial charge in [-0.3, -0.25) is 9.59 Å². The van der Waals surface area contributed by atoms with Crippen molar-refractivity contribution in [3.05, 3.63) is 65.5 Å². The van der Waals surface area contributed by atoms with Crippen molar-refractivity contribution in [3.63, 3.8) is 0 Å². The average Bonchev–Trinajstić information content (AvgIpc) is 2.87. The number of benzene rings is 2. The third-order valence-corrected chi connectivity index (χ3v) is 5.92. The Hall–Kier alpha value is -2.89. The number of hydrogen-bond donors (Lipinski definition) is 2. The summed E-state index contributed by atoms with van der Waals surface area (Å²) >= 11 is 0. The van der Waals surface area contributed by atoms with Crippen molar-refractivity contribution in [3.8, 4) is 5.75 Å². The zero-order chi connectivity index (χ0) is 20.3. The van der Waals surface area contributed by atoms with E-state index in [1.54, 1.807) is 18.2 Å². The number of fused-ring (bicyclic) bond motifs is 1. The normalized spacial score (nSPS) is 23.5. The lowest BCUT2D eigenvalue weighted by atomic mass is 9.78. The summed E-state index contributed by atoms with van der Waals surface area (Å²) in [6.45, 7) is 0.992. The first-order valence-corrected chi connectivity index (χ1v) is 10.1. The topological polar surface area (TPSA) is 67.4 Å². The fraction of sp³-hybridized carbons (Fsp3) is 0.391. The Morgan fingerprint density at radius 1 is 1.14 bits per heavy atom. The highest BCUT2D eigenvalue weighted by atomic mass is 19.1. The van der Waals surface area contributed by atoms with Crippen LogP contribution in [0, 0.1) is 11.7 Å². The van der Waals surface area contributed by atoms with E-state index < -0.39 is 5.60 Å². The van der Waals surface area contributed by atoms with Gasteiger partial charge >= 0.3 is 0 Å². The molecule has 2 aliphatic rings. The average molecular weight is 396 g/mol. The molecular formula is C23H25FN2O3. The van der Waals surface area contributed by atoms with Crippen molar-refractivity contribution in [2.75, 3.05) is 13.1 Å². The van der Waals surface area contributed by atoms with Gasteiger partial charge in [0.15, 0.2) is 0 Å². The van der Waals surface area contributed by atoms with E-state index in [-0.39, 0.29) is 23.5 Å². The number of carbonyl (C=O) groups is 2. The second kappa shape index (κ2) is 8.23. The van der Waals surface area contributed by atoms with Gasteiger partial charge in [0.2, 0.25) is 5.91 Å². The van der Waals surface area contributed by atoms with E-state index in [4.69, 9.17) is 4.74 Å². The minimum Gasteiger partial charge on any atom is -0.485 e. The zero-order valence-corrected chi connectivity index (χ0v) is 16.2. The maximum Gasteiger partial charge on any atom is 0.255 e. The van der Waals surface area contributed by atoms with Crippen molar-refractivity contribution >= 4 is 11.8 Å². The quantitative estimate of drug-likeness (QED) is 0.834. The van der Waals surface area contributed by atoms with Gasteiger partial charge in [-0.05, 0) is 61.9 Å². The second-order valence-electron chi connectivity index (χ2n) is 7.91. The molecular weight excluding hydrogens is 371 g/mol. The number of para-hydroxylation sites is 1. The number of nitrogens with one attached hydrogen (secondary N) is 2. The van der Waals surface area contributed by atoms with Crippen molar-refractivity contribution in [2.45, 2.75) is 37.7 Å². The molecule has 2 aromatic rings. The van der Waals surface area contributed by atoms with Gasteiger partial charge in [-0.25, -0.2) is 4.39 Å². The van der Waals surface area contributed by atoms with Crippen LogP contribution in [0.4, 0.5) is 4.39 Å². The number of ether oxygens (including phenoxy) is 1. The molecule has 0 unspecified atom stereocenters. The number of rotatable bonds is 4. The van der Waals surface area contributed by atoms with Crippen molar-refractivity contribution in [2.24, 2.45) is 5.92 Å². The summed E-state index contributed by atoms with van der Waals surface area (Å²) in [7, 11) is 0. The van der Waals surface area contributed by atoms with E-state index in [2.05, 4.69) is 10.6 Å². The van der Waals surface area contributed by atoms with E-state index in [9.17, 15) is 14.0 Å². The summed E-state index contributed by atoms with van der Waals surface area (Å²) in [5.74, 6) is 0.253. The first kappa shape index (κ1) is 19.4. The summed E-state index contributed by atoms with van der Waals surface area (Å²) < 4.78 is 19.2. The number of carbonyl (C=O) groups excluding carboxylic acids is 2. The summed E-state index contributed by atoms with van der Waals surface area (Å²) in [4.78, 5) is 24.8. The van der Waals surface area contributed by atoms with Gasteiger partial charge in [-0.15, -0.1) is 0 Å². The molecule has 5 nitrogen and oxygen atoms in total. The Morgan fingerprint density at radius 2 is 1.86 bits per heavy atom. The lowest BCUT2D eigenvalue weighted by Gasteiger charge is -2.39. The smallest absolute Gasteiger partial charge is 0.255 e. The molecule has 6 heteroatoms. The second-order valence-corrected chi connectivity index (χ2v) is 7.91. The molecule has 1 heterocycles. The maximum absolute atomic E-state index is 13.0. The van der Waals surface area contributed by atoms with Crippen molar-refractivity contribution in [1.82, 2.24) is 10.6 Å². The first-order chi connectivity index (χ1) is 14.0. The van der Waals surface area contributed by atoms with Crippen LogP contribution in [0.25, 0.3) is 0 Å². The van der Waals surface area contributed by atoms with Crippen molar-refractivity contribution in [1.29, 1.82) is 0 Å². The van der Waals surface area contributed by atoms with Crippen molar-refractivity contribution < 1.29 is 18.7 Å². The minimum atomic E-state index is -0.451. The molecule has 29 heavy (non-hydrogen) atoms. The van der Waals surface area contributed by atoms with Crippen LogP contribution in [0.5, 0.6) is 5.75 Å². The molecule has 1 aliphatic carbocycles. The minimum absolute atomic E-state index is 0.0494. The molecule has 1 saturated carbocycles. The molecule has 0 atom stereocenters. The molecule has 152 valence electrons. The molecule has 1 aliphatic heterocycles. The van der Waals surface area contributed by atoms with Crippen LogP contribution in [-0.2, 0) is 11.2 Å². The first-order valence-electron chi connectivity index (χ1n) is 10.1. The van der Waals surface area contributed by atoms with Gasteiger partial charge in [0, 0.05) is 12.5 Å².